The van der Waals surface area contributed by atoms with Crippen LogP contribution in [0.15, 0.2) is 48.5 Å². The summed E-state index contributed by atoms with van der Waals surface area (Å²) in [6.45, 7) is 3.76. The third-order valence-corrected chi connectivity index (χ3v) is 5.20. The van der Waals surface area contributed by atoms with Crippen LogP contribution in [0.25, 0.3) is 0 Å². The number of anilines is 2. The lowest BCUT2D eigenvalue weighted by molar-refractivity contribution is -0.114. The molecule has 5 nitrogen and oxygen atoms in total. The van der Waals surface area contributed by atoms with Gasteiger partial charge in [-0.05, 0) is 43.5 Å². The van der Waals surface area contributed by atoms with Gasteiger partial charge in [0, 0.05) is 24.5 Å². The minimum Gasteiger partial charge on any atom is -0.371 e. The molecule has 0 saturated carbocycles. The van der Waals surface area contributed by atoms with E-state index in [4.69, 9.17) is 23.2 Å². The van der Waals surface area contributed by atoms with Crippen LogP contribution in [-0.4, -0.2) is 29.7 Å². The van der Waals surface area contributed by atoms with E-state index in [1.807, 2.05) is 43.3 Å². The Kier molecular flexibility index (Phi) is 6.81. The number of benzene rings is 2. The average molecular weight is 420 g/mol. The quantitative estimate of drug-likeness (QED) is 0.676. The van der Waals surface area contributed by atoms with Crippen molar-refractivity contribution in [1.29, 1.82) is 0 Å². The molecule has 0 aliphatic carbocycles. The van der Waals surface area contributed by atoms with E-state index in [0.29, 0.717) is 11.3 Å². The number of alkyl halides is 2. The summed E-state index contributed by atoms with van der Waals surface area (Å²) in [5.74, 6) is -0.719. The summed E-state index contributed by atoms with van der Waals surface area (Å²) in [7, 11) is 0. The van der Waals surface area contributed by atoms with Gasteiger partial charge in [-0.15, -0.1) is 0 Å². The molecule has 7 heteroatoms. The Morgan fingerprint density at radius 1 is 1.04 bits per heavy atom. The van der Waals surface area contributed by atoms with Crippen molar-refractivity contribution in [3.05, 3.63) is 59.7 Å². The number of rotatable bonds is 6. The number of carbonyl (C=O) groups excluding carboxylic acids is 2. The van der Waals surface area contributed by atoms with Crippen molar-refractivity contribution in [2.45, 2.75) is 30.6 Å². The van der Waals surface area contributed by atoms with Gasteiger partial charge in [-0.1, -0.05) is 53.5 Å². The van der Waals surface area contributed by atoms with Gasteiger partial charge in [0.15, 0.2) is 4.84 Å². The minimum atomic E-state index is -1.17. The topological polar surface area (TPSA) is 61.4 Å². The molecule has 0 spiro atoms. The van der Waals surface area contributed by atoms with Gasteiger partial charge in [0.05, 0.1) is 11.6 Å². The van der Waals surface area contributed by atoms with Crippen molar-refractivity contribution in [1.82, 2.24) is 5.32 Å². The van der Waals surface area contributed by atoms with Gasteiger partial charge in [-0.3, -0.25) is 9.59 Å². The maximum atomic E-state index is 13.1. The van der Waals surface area contributed by atoms with E-state index in [9.17, 15) is 9.59 Å². The zero-order valence-electron chi connectivity index (χ0n) is 15.6. The van der Waals surface area contributed by atoms with Crippen molar-refractivity contribution in [3.63, 3.8) is 0 Å². The Balaban J connectivity index is 1.86. The Labute approximate surface area is 175 Å². The predicted molar refractivity (Wildman–Crippen MR) is 114 cm³/mol. The normalized spacial score (nSPS) is 14.8. The maximum Gasteiger partial charge on any atom is 0.257 e. The molecule has 2 aromatic carbocycles. The summed E-state index contributed by atoms with van der Waals surface area (Å²) in [4.78, 5) is 25.9. The monoisotopic (exact) mass is 419 g/mol. The fourth-order valence-electron chi connectivity index (χ4n) is 3.33. The van der Waals surface area contributed by atoms with Crippen LogP contribution in [0.5, 0.6) is 0 Å². The lowest BCUT2D eigenvalue weighted by Crippen LogP contribution is -2.30. The van der Waals surface area contributed by atoms with Crippen LogP contribution >= 0.6 is 23.2 Å². The SMILES string of the molecule is CC(NC(=O)c1cc(NC(=O)C(Cl)Cl)ccc1N1CCCC1)c1ccccc1. The Bertz CT molecular complexity index is 837. The van der Waals surface area contributed by atoms with Gasteiger partial charge in [-0.25, -0.2) is 0 Å². The van der Waals surface area contributed by atoms with Crippen LogP contribution < -0.4 is 15.5 Å². The van der Waals surface area contributed by atoms with Crippen LogP contribution in [0, 0.1) is 0 Å². The molecule has 3 rings (SSSR count). The summed E-state index contributed by atoms with van der Waals surface area (Å²) < 4.78 is 0. The van der Waals surface area contributed by atoms with Gasteiger partial charge < -0.3 is 15.5 Å². The van der Waals surface area contributed by atoms with Gasteiger partial charge in [0.1, 0.15) is 0 Å². The van der Waals surface area contributed by atoms with Crippen molar-refractivity contribution in [3.8, 4) is 0 Å². The molecule has 2 aromatic rings. The van der Waals surface area contributed by atoms with E-state index in [-0.39, 0.29) is 11.9 Å². The van der Waals surface area contributed by atoms with E-state index in [1.54, 1.807) is 12.1 Å². The average Bonchev–Trinajstić information content (AvgIpc) is 3.23. The van der Waals surface area contributed by atoms with Gasteiger partial charge in [-0.2, -0.15) is 0 Å². The smallest absolute Gasteiger partial charge is 0.257 e. The highest BCUT2D eigenvalue weighted by atomic mass is 35.5. The van der Waals surface area contributed by atoms with Gasteiger partial charge in [0.2, 0.25) is 0 Å². The molecule has 1 heterocycles. The second kappa shape index (κ2) is 9.30. The van der Waals surface area contributed by atoms with Gasteiger partial charge >= 0.3 is 0 Å². The Morgan fingerprint density at radius 2 is 1.71 bits per heavy atom. The number of amides is 2. The molecular formula is C21H23Cl2N3O2. The summed E-state index contributed by atoms with van der Waals surface area (Å²) in [5, 5.41) is 5.69. The standard InChI is InChI=1S/C21H23Cl2N3O2/c1-14(15-7-3-2-4-8-15)24-20(27)17-13-16(25-21(28)19(22)23)9-10-18(17)26-11-5-6-12-26/h2-4,7-10,13-14,19H,5-6,11-12H2,1H3,(H,24,27)(H,25,28). The predicted octanol–water partition coefficient (Wildman–Crippen LogP) is 4.52. The van der Waals surface area contributed by atoms with Crippen LogP contribution in [-0.2, 0) is 4.79 Å². The molecule has 1 fully saturated rings. The highest BCUT2D eigenvalue weighted by Gasteiger charge is 2.22. The number of hydrogen-bond donors (Lipinski definition) is 2. The molecular weight excluding hydrogens is 397 g/mol. The van der Waals surface area contributed by atoms with E-state index in [2.05, 4.69) is 15.5 Å². The molecule has 1 aliphatic heterocycles. The number of hydrogen-bond acceptors (Lipinski definition) is 3. The summed E-state index contributed by atoms with van der Waals surface area (Å²) in [5.41, 5.74) is 2.89. The first kappa shape index (κ1) is 20.5. The summed E-state index contributed by atoms with van der Waals surface area (Å²) in [6.07, 6.45) is 2.19. The highest BCUT2D eigenvalue weighted by molar-refractivity contribution is 6.54. The Hall–Kier alpha value is -2.24. The number of nitrogens with one attached hydrogen (secondary N) is 2. The van der Waals surface area contributed by atoms with E-state index < -0.39 is 10.7 Å². The van der Waals surface area contributed by atoms with Crippen LogP contribution in [0.2, 0.25) is 0 Å². The third kappa shape index (κ3) is 4.97. The van der Waals surface area contributed by atoms with Crippen LogP contribution in [0.4, 0.5) is 11.4 Å². The van der Waals surface area contributed by atoms with Crippen molar-refractivity contribution in [2.75, 3.05) is 23.3 Å². The molecule has 0 radical (unpaired) electrons. The molecule has 0 aromatic heterocycles. The molecule has 1 aliphatic rings. The number of halogens is 2. The molecule has 2 N–H and O–H groups in total. The lowest BCUT2D eigenvalue weighted by Gasteiger charge is -2.23. The molecule has 1 atom stereocenters. The second-order valence-electron chi connectivity index (χ2n) is 6.82. The third-order valence-electron chi connectivity index (χ3n) is 4.80. The summed E-state index contributed by atoms with van der Waals surface area (Å²) in [6, 6.07) is 14.9. The molecule has 1 saturated heterocycles. The van der Waals surface area contributed by atoms with E-state index in [0.717, 1.165) is 37.2 Å². The van der Waals surface area contributed by atoms with Crippen molar-refractivity contribution < 1.29 is 9.59 Å². The van der Waals surface area contributed by atoms with Crippen molar-refractivity contribution >= 4 is 46.4 Å². The zero-order chi connectivity index (χ0) is 20.1. The fourth-order valence-corrected chi connectivity index (χ4v) is 3.43. The molecule has 1 unspecified atom stereocenters. The Morgan fingerprint density at radius 3 is 2.36 bits per heavy atom. The molecule has 28 heavy (non-hydrogen) atoms. The van der Waals surface area contributed by atoms with Gasteiger partial charge in [0.25, 0.3) is 11.8 Å². The summed E-state index contributed by atoms with van der Waals surface area (Å²) >= 11 is 11.2. The minimum absolute atomic E-state index is 0.145. The van der Waals surface area contributed by atoms with E-state index in [1.165, 1.54) is 0 Å². The van der Waals surface area contributed by atoms with Crippen LogP contribution in [0.1, 0.15) is 41.7 Å². The zero-order valence-corrected chi connectivity index (χ0v) is 17.1. The first-order valence-electron chi connectivity index (χ1n) is 9.29. The number of nitrogens with zero attached hydrogens (tertiary/aromatic N) is 1. The second-order valence-corrected chi connectivity index (χ2v) is 7.92. The first-order chi connectivity index (χ1) is 13.5. The molecule has 0 bridgehead atoms. The highest BCUT2D eigenvalue weighted by Crippen LogP contribution is 2.28. The lowest BCUT2D eigenvalue weighted by atomic mass is 10.1. The van der Waals surface area contributed by atoms with Crippen molar-refractivity contribution in [2.24, 2.45) is 0 Å². The first-order valence-corrected chi connectivity index (χ1v) is 10.2. The molecule has 2 amide bonds. The number of carbonyl (C=O) groups is 2. The fraction of sp³-hybridized carbons (Fsp3) is 0.333. The van der Waals surface area contributed by atoms with Crippen LogP contribution in [0.3, 0.4) is 0 Å². The largest absolute Gasteiger partial charge is 0.371 e. The van der Waals surface area contributed by atoms with E-state index >= 15 is 0 Å². The molecule has 148 valence electrons. The maximum absolute atomic E-state index is 13.1.